The van der Waals surface area contributed by atoms with Gasteiger partial charge in [-0.25, -0.2) is 0 Å². The molecule has 0 aromatic heterocycles. The van der Waals surface area contributed by atoms with Gasteiger partial charge in [0.1, 0.15) is 0 Å². The van der Waals surface area contributed by atoms with Crippen LogP contribution in [0.1, 0.15) is 25.7 Å². The summed E-state index contributed by atoms with van der Waals surface area (Å²) in [6.45, 7) is 0.927. The number of nitrogens with two attached hydrogens (primary N) is 1. The quantitative estimate of drug-likeness (QED) is 0.609. The van der Waals surface area contributed by atoms with E-state index in [2.05, 4.69) is 11.2 Å². The third-order valence-electron chi connectivity index (χ3n) is 2.77. The summed E-state index contributed by atoms with van der Waals surface area (Å²) in [5.74, 6) is 2.41. The van der Waals surface area contributed by atoms with Crippen molar-refractivity contribution in [3.8, 4) is 12.3 Å². The van der Waals surface area contributed by atoms with Gasteiger partial charge in [-0.1, -0.05) is 12.3 Å². The van der Waals surface area contributed by atoms with Crippen molar-refractivity contribution in [1.82, 2.24) is 5.32 Å². The fourth-order valence-corrected chi connectivity index (χ4v) is 1.68. The van der Waals surface area contributed by atoms with E-state index in [1.807, 2.05) is 0 Å². The van der Waals surface area contributed by atoms with E-state index in [0.29, 0.717) is 19.5 Å². The number of carbonyl (C=O) groups excluding carboxylic acids is 1. The van der Waals surface area contributed by atoms with Gasteiger partial charge in [0.15, 0.2) is 0 Å². The fraction of sp³-hybridized carbons (Fsp3) is 0.700. The van der Waals surface area contributed by atoms with E-state index in [1.54, 1.807) is 0 Å². The summed E-state index contributed by atoms with van der Waals surface area (Å²) in [5, 5.41) is 2.66. The summed E-state index contributed by atoms with van der Waals surface area (Å²) in [6.07, 6.45) is 8.91. The molecule has 72 valence electrons. The maximum absolute atomic E-state index is 11.3. The lowest BCUT2D eigenvalue weighted by Crippen LogP contribution is -2.42. The second-order valence-electron chi connectivity index (χ2n) is 3.72. The molecule has 1 rings (SSSR count). The highest BCUT2D eigenvalue weighted by molar-refractivity contribution is 5.77. The second kappa shape index (κ2) is 4.29. The lowest BCUT2D eigenvalue weighted by Gasteiger charge is -2.40. The van der Waals surface area contributed by atoms with Gasteiger partial charge < -0.3 is 11.1 Å². The number of amides is 1. The van der Waals surface area contributed by atoms with Crippen LogP contribution in [0.2, 0.25) is 0 Å². The van der Waals surface area contributed by atoms with Crippen molar-refractivity contribution in [3.63, 3.8) is 0 Å². The molecule has 0 spiro atoms. The molecular weight excluding hydrogens is 164 g/mol. The second-order valence-corrected chi connectivity index (χ2v) is 3.72. The van der Waals surface area contributed by atoms with Crippen LogP contribution in [0, 0.1) is 17.8 Å². The number of carbonyl (C=O) groups is 1. The normalized spacial score (nSPS) is 18.5. The van der Waals surface area contributed by atoms with Crippen LogP contribution in [0.3, 0.4) is 0 Å². The van der Waals surface area contributed by atoms with Crippen LogP contribution in [0.15, 0.2) is 0 Å². The average Bonchev–Trinajstić information content (AvgIpc) is 2.08. The predicted octanol–water partition coefficient (Wildman–Crippen LogP) is 0.255. The highest BCUT2D eigenvalue weighted by Gasteiger charge is 2.37. The van der Waals surface area contributed by atoms with E-state index < -0.39 is 0 Å². The Kier molecular flexibility index (Phi) is 3.32. The number of hydrogen-bond acceptors (Lipinski definition) is 2. The number of terminal acetylenes is 1. The molecule has 0 heterocycles. The smallest absolute Gasteiger partial charge is 0.221 e. The van der Waals surface area contributed by atoms with E-state index >= 15 is 0 Å². The first-order chi connectivity index (χ1) is 6.22. The molecule has 0 radical (unpaired) electrons. The maximum Gasteiger partial charge on any atom is 0.221 e. The van der Waals surface area contributed by atoms with Gasteiger partial charge in [0.2, 0.25) is 5.91 Å². The number of nitrogens with one attached hydrogen (secondary N) is 1. The predicted molar refractivity (Wildman–Crippen MR) is 51.8 cm³/mol. The molecule has 1 aliphatic carbocycles. The third-order valence-corrected chi connectivity index (χ3v) is 2.77. The summed E-state index contributed by atoms with van der Waals surface area (Å²) >= 11 is 0. The molecule has 1 aliphatic rings. The van der Waals surface area contributed by atoms with Gasteiger partial charge in [0.05, 0.1) is 6.54 Å². The Bertz CT molecular complexity index is 220. The molecule has 3 nitrogen and oxygen atoms in total. The lowest BCUT2D eigenvalue weighted by atomic mass is 9.66. The van der Waals surface area contributed by atoms with Gasteiger partial charge in [-0.05, 0) is 24.8 Å². The van der Waals surface area contributed by atoms with E-state index in [0.717, 1.165) is 12.8 Å². The Hall–Kier alpha value is -1.01. The highest BCUT2D eigenvalue weighted by Crippen LogP contribution is 2.42. The van der Waals surface area contributed by atoms with Crippen LogP contribution in [0.25, 0.3) is 0 Å². The van der Waals surface area contributed by atoms with Crippen molar-refractivity contribution in [2.45, 2.75) is 25.7 Å². The van der Waals surface area contributed by atoms with Crippen molar-refractivity contribution in [2.24, 2.45) is 11.1 Å². The van der Waals surface area contributed by atoms with E-state index in [9.17, 15) is 4.79 Å². The fourth-order valence-electron chi connectivity index (χ4n) is 1.68. The summed E-state index contributed by atoms with van der Waals surface area (Å²) in [7, 11) is 0. The number of rotatable bonds is 4. The molecule has 3 heteroatoms. The van der Waals surface area contributed by atoms with Crippen molar-refractivity contribution in [1.29, 1.82) is 0 Å². The molecule has 0 saturated heterocycles. The Balaban J connectivity index is 2.30. The molecule has 1 amide bonds. The summed E-state index contributed by atoms with van der Waals surface area (Å²) in [5.41, 5.74) is 5.71. The molecule has 0 unspecified atom stereocenters. The first kappa shape index (κ1) is 10.1. The van der Waals surface area contributed by atoms with Gasteiger partial charge in [0, 0.05) is 6.42 Å². The van der Waals surface area contributed by atoms with Crippen LogP contribution in [-0.4, -0.2) is 19.0 Å². The molecule has 0 atom stereocenters. The summed E-state index contributed by atoms with van der Waals surface area (Å²) < 4.78 is 0. The molecule has 0 bridgehead atoms. The minimum Gasteiger partial charge on any atom is -0.345 e. The zero-order valence-corrected chi connectivity index (χ0v) is 7.81. The van der Waals surface area contributed by atoms with Gasteiger partial charge in [0.25, 0.3) is 0 Å². The SMILES string of the molecule is C#CCNC(=O)CC1(CN)CCC1. The van der Waals surface area contributed by atoms with Crippen molar-refractivity contribution < 1.29 is 4.79 Å². The number of hydrogen-bond donors (Lipinski definition) is 2. The van der Waals surface area contributed by atoms with Crippen molar-refractivity contribution >= 4 is 5.91 Å². The molecule has 0 aromatic carbocycles. The van der Waals surface area contributed by atoms with Gasteiger partial charge in [-0.2, -0.15) is 0 Å². The topological polar surface area (TPSA) is 55.1 Å². The van der Waals surface area contributed by atoms with Gasteiger partial charge >= 0.3 is 0 Å². The Labute approximate surface area is 79.1 Å². The molecule has 1 saturated carbocycles. The van der Waals surface area contributed by atoms with E-state index in [1.165, 1.54) is 6.42 Å². The van der Waals surface area contributed by atoms with Gasteiger partial charge in [-0.3, -0.25) is 4.79 Å². The highest BCUT2D eigenvalue weighted by atomic mass is 16.1. The zero-order chi connectivity index (χ0) is 9.73. The van der Waals surface area contributed by atoms with Gasteiger partial charge in [-0.15, -0.1) is 6.42 Å². The first-order valence-corrected chi connectivity index (χ1v) is 4.63. The Morgan fingerprint density at radius 3 is 2.69 bits per heavy atom. The largest absolute Gasteiger partial charge is 0.345 e. The third kappa shape index (κ3) is 2.46. The Morgan fingerprint density at radius 1 is 1.62 bits per heavy atom. The minimum absolute atomic E-state index is 0.0306. The standard InChI is InChI=1S/C10H16N2O/c1-2-6-12-9(13)7-10(8-11)4-3-5-10/h1H,3-8,11H2,(H,12,13). The molecule has 3 N–H and O–H groups in total. The van der Waals surface area contributed by atoms with Crippen LogP contribution < -0.4 is 11.1 Å². The monoisotopic (exact) mass is 180 g/mol. The zero-order valence-electron chi connectivity index (χ0n) is 7.81. The van der Waals surface area contributed by atoms with Crippen LogP contribution >= 0.6 is 0 Å². The molecule has 0 aliphatic heterocycles. The average molecular weight is 180 g/mol. The van der Waals surface area contributed by atoms with Crippen molar-refractivity contribution in [2.75, 3.05) is 13.1 Å². The molecular formula is C10H16N2O. The van der Waals surface area contributed by atoms with Crippen LogP contribution in [-0.2, 0) is 4.79 Å². The minimum atomic E-state index is 0.0306. The van der Waals surface area contributed by atoms with Crippen molar-refractivity contribution in [3.05, 3.63) is 0 Å². The van der Waals surface area contributed by atoms with Crippen LogP contribution in [0.5, 0.6) is 0 Å². The summed E-state index contributed by atoms with van der Waals surface area (Å²) in [4.78, 5) is 11.3. The maximum atomic E-state index is 11.3. The molecule has 1 fully saturated rings. The first-order valence-electron chi connectivity index (χ1n) is 4.63. The van der Waals surface area contributed by atoms with E-state index in [-0.39, 0.29) is 11.3 Å². The lowest BCUT2D eigenvalue weighted by molar-refractivity contribution is -0.124. The summed E-state index contributed by atoms with van der Waals surface area (Å²) in [6, 6.07) is 0. The Morgan fingerprint density at radius 2 is 2.31 bits per heavy atom. The van der Waals surface area contributed by atoms with Crippen LogP contribution in [0.4, 0.5) is 0 Å². The molecule has 13 heavy (non-hydrogen) atoms. The van der Waals surface area contributed by atoms with E-state index in [4.69, 9.17) is 12.2 Å². The molecule has 0 aromatic rings.